The van der Waals surface area contributed by atoms with E-state index in [2.05, 4.69) is 6.58 Å². The summed E-state index contributed by atoms with van der Waals surface area (Å²) in [7, 11) is 16.2. The minimum absolute atomic E-state index is 0.345. The molecule has 0 aliphatic heterocycles. The van der Waals surface area contributed by atoms with Crippen LogP contribution in [-0.2, 0) is 19.7 Å². The van der Waals surface area contributed by atoms with Gasteiger partial charge in [0.15, 0.2) is 0 Å². The molecule has 0 amide bonds. The van der Waals surface area contributed by atoms with E-state index in [1.54, 1.807) is 6.08 Å². The molecule has 0 heterocycles. The Balaban J connectivity index is 3.24. The second-order valence-electron chi connectivity index (χ2n) is 1.05. The summed E-state index contributed by atoms with van der Waals surface area (Å²) in [6.45, 7) is 3.74. The van der Waals surface area contributed by atoms with Crippen LogP contribution in [0.15, 0.2) is 12.7 Å². The molecule has 0 bridgehead atoms. The van der Waals surface area contributed by atoms with Crippen LogP contribution >= 0.6 is 25.7 Å². The molecule has 0 aliphatic carbocycles. The van der Waals surface area contributed by atoms with Crippen molar-refractivity contribution < 1.29 is 19.7 Å². The molecule has 8 heavy (non-hydrogen) atoms. The maximum absolute atomic E-state index is 5.40. The molecule has 0 aliphatic rings. The average molecular weight is 342 g/mol. The summed E-state index contributed by atoms with van der Waals surface area (Å²) in [4.78, 5) is 0. The summed E-state index contributed by atoms with van der Waals surface area (Å²) in [5, 5.41) is 0. The molecule has 0 atom stereocenters. The van der Waals surface area contributed by atoms with Crippen LogP contribution in [0.5, 0.6) is 0 Å². The van der Waals surface area contributed by atoms with Gasteiger partial charge in [-0.15, -0.1) is 0 Å². The third kappa shape index (κ3) is 7.44. The summed E-state index contributed by atoms with van der Waals surface area (Å²) in [5.41, 5.74) is 0. The van der Waals surface area contributed by atoms with Gasteiger partial charge in [0.2, 0.25) is 0 Å². The van der Waals surface area contributed by atoms with Gasteiger partial charge in [0, 0.05) is 0 Å². The van der Waals surface area contributed by atoms with Gasteiger partial charge in [-0.25, -0.2) is 0 Å². The van der Waals surface area contributed by atoms with E-state index in [0.717, 1.165) is 0 Å². The van der Waals surface area contributed by atoms with Crippen molar-refractivity contribution in [3.8, 4) is 0 Å². The van der Waals surface area contributed by atoms with E-state index in [9.17, 15) is 0 Å². The molecular formula is C3H5Cl3HfO. The van der Waals surface area contributed by atoms with Crippen molar-refractivity contribution in [2.45, 2.75) is 0 Å². The minimum atomic E-state index is -3.57. The van der Waals surface area contributed by atoms with Gasteiger partial charge in [0.05, 0.1) is 0 Å². The van der Waals surface area contributed by atoms with Crippen molar-refractivity contribution in [1.29, 1.82) is 0 Å². The third-order valence-electron chi connectivity index (χ3n) is 0.365. The summed E-state index contributed by atoms with van der Waals surface area (Å²) >= 11 is -3.57. The molecule has 48 valence electrons. The van der Waals surface area contributed by atoms with E-state index < -0.39 is 16.9 Å². The number of hydrogen-bond donors (Lipinski definition) is 0. The van der Waals surface area contributed by atoms with Crippen LogP contribution < -0.4 is 0 Å². The van der Waals surface area contributed by atoms with Crippen LogP contribution in [0.4, 0.5) is 0 Å². The van der Waals surface area contributed by atoms with Crippen molar-refractivity contribution in [2.75, 3.05) is 6.61 Å². The van der Waals surface area contributed by atoms with Gasteiger partial charge in [-0.3, -0.25) is 0 Å². The molecule has 0 rings (SSSR count). The molecule has 0 N–H and O–H groups in total. The molecule has 0 aromatic carbocycles. The Kier molecular flexibility index (Phi) is 5.06. The fourth-order valence-corrected chi connectivity index (χ4v) is 2.80. The molecule has 0 unspecified atom stereocenters. The quantitative estimate of drug-likeness (QED) is 0.566. The first kappa shape index (κ1) is 9.44. The van der Waals surface area contributed by atoms with Gasteiger partial charge in [-0.05, 0) is 0 Å². The summed E-state index contributed by atoms with van der Waals surface area (Å²) in [5.74, 6) is 0. The Bertz CT molecular complexity index is 79.1. The molecule has 0 saturated carbocycles. The summed E-state index contributed by atoms with van der Waals surface area (Å²) in [6, 6.07) is 0. The van der Waals surface area contributed by atoms with Crippen LogP contribution in [-0.4, -0.2) is 6.61 Å². The molecular weight excluding hydrogens is 337 g/mol. The standard InChI is InChI=1S/C3H5O.3ClH.Hf/c1-2-3-4;;;;/h2H,1,3H2;3*1H;/q-1;;;;+4/p-3. The third-order valence-corrected chi connectivity index (χ3v) is 4.82. The van der Waals surface area contributed by atoms with Gasteiger partial charge in [-0.1, -0.05) is 0 Å². The van der Waals surface area contributed by atoms with Crippen LogP contribution in [0.3, 0.4) is 0 Å². The van der Waals surface area contributed by atoms with Gasteiger partial charge in [0.1, 0.15) is 0 Å². The zero-order valence-electron chi connectivity index (χ0n) is 4.03. The molecule has 5 heteroatoms. The van der Waals surface area contributed by atoms with Crippen LogP contribution in [0, 0.1) is 0 Å². The Morgan fingerprint density at radius 2 is 2.00 bits per heavy atom. The predicted molar refractivity (Wildman–Crippen MR) is 33.7 cm³/mol. The zero-order chi connectivity index (χ0) is 6.62. The van der Waals surface area contributed by atoms with E-state index >= 15 is 0 Å². The van der Waals surface area contributed by atoms with Crippen molar-refractivity contribution in [1.82, 2.24) is 0 Å². The molecule has 0 spiro atoms. The molecule has 0 saturated heterocycles. The molecule has 1 nitrogen and oxygen atoms in total. The van der Waals surface area contributed by atoms with E-state index in [4.69, 9.17) is 28.6 Å². The van der Waals surface area contributed by atoms with E-state index in [-0.39, 0.29) is 0 Å². The number of hydrogen-bond acceptors (Lipinski definition) is 1. The van der Waals surface area contributed by atoms with E-state index in [0.29, 0.717) is 6.61 Å². The molecule has 0 aromatic heterocycles. The predicted octanol–water partition coefficient (Wildman–Crippen LogP) is 2.72. The number of rotatable bonds is 3. The van der Waals surface area contributed by atoms with Crippen LogP contribution in [0.25, 0.3) is 0 Å². The molecule has 0 fully saturated rings. The average Bonchev–Trinajstić information content (AvgIpc) is 1.59. The molecule has 0 aromatic rings. The zero-order valence-corrected chi connectivity index (χ0v) is 9.89. The van der Waals surface area contributed by atoms with E-state index in [1.807, 2.05) is 0 Å². The monoisotopic (exact) mass is 342 g/mol. The van der Waals surface area contributed by atoms with Gasteiger partial charge < -0.3 is 0 Å². The van der Waals surface area contributed by atoms with Gasteiger partial charge >= 0.3 is 64.7 Å². The van der Waals surface area contributed by atoms with Crippen molar-refractivity contribution in [3.63, 3.8) is 0 Å². The second-order valence-corrected chi connectivity index (χ2v) is 23.1. The first-order valence-electron chi connectivity index (χ1n) is 1.88. The Hall–Kier alpha value is 1.44. The first-order valence-corrected chi connectivity index (χ1v) is 16.7. The van der Waals surface area contributed by atoms with Gasteiger partial charge in [-0.2, -0.15) is 0 Å². The number of halogens is 3. The normalized spacial score (nSPS) is 11.4. The maximum atomic E-state index is 5.40. The topological polar surface area (TPSA) is 9.23 Å². The van der Waals surface area contributed by atoms with Crippen LogP contribution in [0.2, 0.25) is 0 Å². The van der Waals surface area contributed by atoms with Gasteiger partial charge in [0.25, 0.3) is 0 Å². The first-order chi connectivity index (χ1) is 3.56. The fourth-order valence-electron chi connectivity index (χ4n) is 0.153. The van der Waals surface area contributed by atoms with Crippen molar-refractivity contribution in [3.05, 3.63) is 12.7 Å². The molecule has 0 radical (unpaired) electrons. The SMILES string of the molecule is C=CC[O][Hf]([Cl])([Cl])[Cl]. The summed E-state index contributed by atoms with van der Waals surface area (Å²) < 4.78 is 4.78. The van der Waals surface area contributed by atoms with Crippen molar-refractivity contribution >= 4 is 25.7 Å². The Labute approximate surface area is 64.2 Å². The van der Waals surface area contributed by atoms with Crippen LogP contribution in [0.1, 0.15) is 0 Å². The van der Waals surface area contributed by atoms with E-state index in [1.165, 1.54) is 0 Å². The second kappa shape index (κ2) is 4.29. The Morgan fingerprint density at radius 3 is 2.12 bits per heavy atom. The Morgan fingerprint density at radius 1 is 1.50 bits per heavy atom. The summed E-state index contributed by atoms with van der Waals surface area (Å²) in [6.07, 6.45) is 1.56. The fraction of sp³-hybridized carbons (Fsp3) is 0.333. The van der Waals surface area contributed by atoms with Crippen molar-refractivity contribution in [2.24, 2.45) is 0 Å².